The summed E-state index contributed by atoms with van der Waals surface area (Å²) in [5.41, 5.74) is 1.63. The molecule has 1 saturated heterocycles. The topological polar surface area (TPSA) is 61.4 Å². The lowest BCUT2D eigenvalue weighted by Crippen LogP contribution is -2.45. The summed E-state index contributed by atoms with van der Waals surface area (Å²) in [6, 6.07) is 17.0. The minimum atomic E-state index is -0.355. The number of carbonyl (C=O) groups excluding carboxylic acids is 1. The first-order valence-corrected chi connectivity index (χ1v) is 9.53. The first kappa shape index (κ1) is 19.0. The molecule has 0 atom stereocenters. The zero-order valence-corrected chi connectivity index (χ0v) is 16.2. The number of carbonyl (C=O) groups is 1. The fraction of sp³-hybridized carbons (Fsp3) is 0.227. The van der Waals surface area contributed by atoms with Crippen molar-refractivity contribution in [3.8, 4) is 11.4 Å². The van der Waals surface area contributed by atoms with E-state index >= 15 is 0 Å². The lowest BCUT2D eigenvalue weighted by molar-refractivity contribution is 0.102. The molecule has 1 aromatic heterocycles. The fourth-order valence-corrected chi connectivity index (χ4v) is 3.19. The van der Waals surface area contributed by atoms with Crippen LogP contribution in [0.15, 0.2) is 60.7 Å². The van der Waals surface area contributed by atoms with Crippen molar-refractivity contribution in [3.05, 3.63) is 72.2 Å². The molecule has 1 N–H and O–H groups in total. The predicted molar refractivity (Wildman–Crippen MR) is 112 cm³/mol. The normalized spacial score (nSPS) is 14.6. The third kappa shape index (κ3) is 4.57. The molecule has 0 saturated carbocycles. The van der Waals surface area contributed by atoms with E-state index in [4.69, 9.17) is 4.98 Å². The Kier molecular flexibility index (Phi) is 5.48. The molecule has 29 heavy (non-hydrogen) atoms. The van der Waals surface area contributed by atoms with E-state index in [0.717, 1.165) is 37.6 Å². The van der Waals surface area contributed by atoms with Crippen molar-refractivity contribution in [1.29, 1.82) is 0 Å². The highest BCUT2D eigenvalue weighted by Gasteiger charge is 2.20. The molecular formula is C22H22FN5O. The van der Waals surface area contributed by atoms with Crippen molar-refractivity contribution in [1.82, 2.24) is 14.9 Å². The lowest BCUT2D eigenvalue weighted by atomic mass is 10.2. The minimum Gasteiger partial charge on any atom is -0.354 e. The van der Waals surface area contributed by atoms with E-state index in [2.05, 4.69) is 27.1 Å². The van der Waals surface area contributed by atoms with E-state index in [1.807, 2.05) is 30.3 Å². The molecule has 0 spiro atoms. The second-order valence-corrected chi connectivity index (χ2v) is 7.05. The van der Waals surface area contributed by atoms with Crippen molar-refractivity contribution >= 4 is 17.4 Å². The summed E-state index contributed by atoms with van der Waals surface area (Å²) in [5, 5.41) is 2.78. The number of nitrogens with zero attached hydrogens (tertiary/aromatic N) is 4. The van der Waals surface area contributed by atoms with Gasteiger partial charge in [-0.15, -0.1) is 0 Å². The summed E-state index contributed by atoms with van der Waals surface area (Å²) in [6.07, 6.45) is 0. The number of halogens is 1. The number of benzene rings is 2. The van der Waals surface area contributed by atoms with Crippen molar-refractivity contribution in [2.75, 3.05) is 43.4 Å². The van der Waals surface area contributed by atoms with Gasteiger partial charge in [-0.1, -0.05) is 30.3 Å². The molecule has 0 bridgehead atoms. The highest BCUT2D eigenvalue weighted by atomic mass is 19.1. The quantitative estimate of drug-likeness (QED) is 0.740. The first-order valence-electron chi connectivity index (χ1n) is 9.53. The molecule has 4 rings (SSSR count). The average molecular weight is 391 g/mol. The molecule has 0 aliphatic carbocycles. The molecule has 0 unspecified atom stereocenters. The molecule has 1 aliphatic heterocycles. The molecule has 148 valence electrons. The second-order valence-electron chi connectivity index (χ2n) is 7.05. The second kappa shape index (κ2) is 8.36. The summed E-state index contributed by atoms with van der Waals surface area (Å²) in [7, 11) is 2.09. The van der Waals surface area contributed by atoms with Crippen LogP contribution in [0.2, 0.25) is 0 Å². The van der Waals surface area contributed by atoms with Crippen molar-refractivity contribution in [2.24, 2.45) is 0 Å². The van der Waals surface area contributed by atoms with Gasteiger partial charge < -0.3 is 15.1 Å². The number of rotatable bonds is 4. The van der Waals surface area contributed by atoms with Crippen LogP contribution >= 0.6 is 0 Å². The fourth-order valence-electron chi connectivity index (χ4n) is 3.19. The van der Waals surface area contributed by atoms with E-state index < -0.39 is 0 Å². The number of hydrogen-bond donors (Lipinski definition) is 1. The van der Waals surface area contributed by atoms with Crippen molar-refractivity contribution in [2.45, 2.75) is 0 Å². The molecule has 2 aromatic carbocycles. The molecule has 6 nitrogen and oxygen atoms in total. The lowest BCUT2D eigenvalue weighted by Gasteiger charge is -2.33. The van der Waals surface area contributed by atoms with Gasteiger partial charge in [0.05, 0.1) is 0 Å². The van der Waals surface area contributed by atoms with E-state index in [1.165, 1.54) is 24.3 Å². The van der Waals surface area contributed by atoms with Gasteiger partial charge in [0.2, 0.25) is 0 Å². The zero-order valence-electron chi connectivity index (χ0n) is 16.2. The molecule has 1 amide bonds. The first-order chi connectivity index (χ1) is 14.1. The molecule has 0 radical (unpaired) electrons. The van der Waals surface area contributed by atoms with Gasteiger partial charge in [0.15, 0.2) is 5.82 Å². The van der Waals surface area contributed by atoms with Crippen LogP contribution < -0.4 is 10.2 Å². The third-order valence-electron chi connectivity index (χ3n) is 4.91. The van der Waals surface area contributed by atoms with E-state index in [-0.39, 0.29) is 17.4 Å². The third-order valence-corrected chi connectivity index (χ3v) is 4.91. The molecule has 1 fully saturated rings. The van der Waals surface area contributed by atoms with Gasteiger partial charge >= 0.3 is 0 Å². The molecule has 1 aliphatic rings. The molecular weight excluding hydrogens is 369 g/mol. The molecule has 3 aromatic rings. The van der Waals surface area contributed by atoms with Gasteiger partial charge in [0, 0.05) is 43.5 Å². The number of aromatic nitrogens is 2. The number of anilines is 2. The van der Waals surface area contributed by atoms with E-state index in [0.29, 0.717) is 11.5 Å². The van der Waals surface area contributed by atoms with Crippen LogP contribution in [0.1, 0.15) is 10.5 Å². The summed E-state index contributed by atoms with van der Waals surface area (Å²) in [5.74, 6) is 0.530. The Morgan fingerprint density at radius 2 is 1.66 bits per heavy atom. The average Bonchev–Trinajstić information content (AvgIpc) is 2.76. The maximum absolute atomic E-state index is 13.1. The summed E-state index contributed by atoms with van der Waals surface area (Å²) >= 11 is 0. The van der Waals surface area contributed by atoms with Gasteiger partial charge in [-0.05, 0) is 31.3 Å². The zero-order chi connectivity index (χ0) is 20.2. The smallest absolute Gasteiger partial charge is 0.274 e. The number of hydrogen-bond acceptors (Lipinski definition) is 5. The number of nitrogens with one attached hydrogen (secondary N) is 1. The number of piperazine rings is 1. The summed E-state index contributed by atoms with van der Waals surface area (Å²) in [6.45, 7) is 3.53. The van der Waals surface area contributed by atoms with Crippen LogP contribution in [0, 0.1) is 5.82 Å². The Bertz CT molecular complexity index is 986. The van der Waals surface area contributed by atoms with Crippen LogP contribution in [-0.2, 0) is 0 Å². The van der Waals surface area contributed by atoms with E-state index in [9.17, 15) is 9.18 Å². The van der Waals surface area contributed by atoms with Crippen LogP contribution in [0.3, 0.4) is 0 Å². The summed E-state index contributed by atoms with van der Waals surface area (Å²) < 4.78 is 13.1. The minimum absolute atomic E-state index is 0.275. The van der Waals surface area contributed by atoms with Crippen LogP contribution in [0.5, 0.6) is 0 Å². The SMILES string of the molecule is CN1CCN(c2cc(C(=O)Nc3ccc(F)cc3)nc(-c3ccccc3)n2)CC1. The number of likely N-dealkylation sites (N-methyl/N-ethyl adjacent to an activating group) is 1. The molecule has 2 heterocycles. The van der Waals surface area contributed by atoms with Crippen molar-refractivity contribution < 1.29 is 9.18 Å². The maximum atomic E-state index is 13.1. The van der Waals surface area contributed by atoms with Gasteiger partial charge in [-0.3, -0.25) is 4.79 Å². The van der Waals surface area contributed by atoms with Gasteiger partial charge in [-0.2, -0.15) is 0 Å². The van der Waals surface area contributed by atoms with Crippen LogP contribution in [0.4, 0.5) is 15.9 Å². The Balaban J connectivity index is 1.67. The monoisotopic (exact) mass is 391 g/mol. The number of amides is 1. The maximum Gasteiger partial charge on any atom is 0.274 e. The van der Waals surface area contributed by atoms with Gasteiger partial charge in [0.1, 0.15) is 17.3 Å². The largest absolute Gasteiger partial charge is 0.354 e. The summed E-state index contributed by atoms with van der Waals surface area (Å²) in [4.78, 5) is 26.5. The molecule has 7 heteroatoms. The van der Waals surface area contributed by atoms with E-state index in [1.54, 1.807) is 6.07 Å². The Labute approximate surface area is 169 Å². The van der Waals surface area contributed by atoms with Crippen LogP contribution in [0.25, 0.3) is 11.4 Å². The van der Waals surface area contributed by atoms with Gasteiger partial charge in [0.25, 0.3) is 5.91 Å². The van der Waals surface area contributed by atoms with Crippen molar-refractivity contribution in [3.63, 3.8) is 0 Å². The standard InChI is InChI=1S/C22H22FN5O/c1-27-11-13-28(14-12-27)20-15-19(22(29)24-18-9-7-17(23)8-10-18)25-21(26-20)16-5-3-2-4-6-16/h2-10,15H,11-14H2,1H3,(H,24,29). The highest BCUT2D eigenvalue weighted by molar-refractivity contribution is 6.03. The Hall–Kier alpha value is -3.32. The van der Waals surface area contributed by atoms with Gasteiger partial charge in [-0.25, -0.2) is 14.4 Å². The van der Waals surface area contributed by atoms with Crippen LogP contribution in [-0.4, -0.2) is 54.0 Å². The Morgan fingerprint density at radius 3 is 2.34 bits per heavy atom. The Morgan fingerprint density at radius 1 is 0.966 bits per heavy atom. The predicted octanol–water partition coefficient (Wildman–Crippen LogP) is 3.29. The highest BCUT2D eigenvalue weighted by Crippen LogP contribution is 2.22.